The Morgan fingerprint density at radius 2 is 0.667 bits per heavy atom. The van der Waals surface area contributed by atoms with Crippen molar-refractivity contribution >= 4 is 70.2 Å². The Kier molecular flexibility index (Phi) is 7.88. The van der Waals surface area contributed by atoms with Crippen LogP contribution in [0.3, 0.4) is 0 Å². The first-order valence-electron chi connectivity index (χ1n) is 7.16. The largest absolute Gasteiger partial charge is 0.266 e. The van der Waals surface area contributed by atoms with Crippen molar-refractivity contribution in [3.8, 4) is 0 Å². The first-order valence-corrected chi connectivity index (χ1v) is 10.0. The summed E-state index contributed by atoms with van der Waals surface area (Å²) in [6.45, 7) is 0. The Labute approximate surface area is 164 Å². The van der Waals surface area contributed by atoms with E-state index in [9.17, 15) is 0 Å². The van der Waals surface area contributed by atoms with Crippen LogP contribution >= 0.6 is 54.3 Å². The van der Waals surface area contributed by atoms with Crippen LogP contribution in [0.1, 0.15) is 0 Å². The molecule has 3 rings (SSSR count). The zero-order chi connectivity index (χ0) is 17.4. The third-order valence-electron chi connectivity index (χ3n) is 3.04. The van der Waals surface area contributed by atoms with Gasteiger partial charge in [-0.1, -0.05) is 137 Å². The van der Waals surface area contributed by atoms with E-state index in [2.05, 4.69) is 91.0 Å². The number of rotatable bonds is 3. The van der Waals surface area contributed by atoms with E-state index in [4.69, 9.17) is 46.4 Å². The molecule has 0 fully saturated rings. The summed E-state index contributed by atoms with van der Waals surface area (Å²) in [5, 5.41) is 4.19. The van der Waals surface area contributed by atoms with Gasteiger partial charge in [0.1, 0.15) is 0 Å². The smallest absolute Gasteiger partial charge is 0.0664 e. The van der Waals surface area contributed by atoms with Crippen LogP contribution in [0.15, 0.2) is 91.0 Å². The Bertz CT molecular complexity index is 613. The van der Waals surface area contributed by atoms with Gasteiger partial charge in [-0.3, -0.25) is 0 Å². The fourth-order valence-corrected chi connectivity index (χ4v) is 4.48. The van der Waals surface area contributed by atoms with Crippen LogP contribution in [-0.4, -0.2) is 3.25 Å². The molecule has 24 heavy (non-hydrogen) atoms. The molecule has 0 aliphatic rings. The molecule has 0 aliphatic heterocycles. The molecule has 3 aromatic carbocycles. The van der Waals surface area contributed by atoms with Crippen LogP contribution in [-0.2, 0) is 0 Å². The van der Waals surface area contributed by atoms with Crippen LogP contribution in [0.5, 0.6) is 0 Å². The quantitative estimate of drug-likeness (QED) is 0.363. The van der Waals surface area contributed by atoms with E-state index < -0.39 is 11.2 Å². The molecule has 0 unspecified atom stereocenters. The zero-order valence-electron chi connectivity index (χ0n) is 12.6. The molecule has 0 atom stereocenters. The highest BCUT2D eigenvalue weighted by Gasteiger charge is 2.15. The molecule has 0 bridgehead atoms. The van der Waals surface area contributed by atoms with Gasteiger partial charge in [-0.25, -0.2) is 0 Å². The van der Waals surface area contributed by atoms with Crippen molar-refractivity contribution in [3.05, 3.63) is 91.0 Å². The highest BCUT2D eigenvalue weighted by molar-refractivity contribution is 7.79. The molecule has 0 aliphatic carbocycles. The first-order chi connectivity index (χ1) is 11.4. The summed E-state index contributed by atoms with van der Waals surface area (Å²) in [6, 6.07) is 32.3. The number of halogens is 4. The van der Waals surface area contributed by atoms with Crippen molar-refractivity contribution in [2.75, 3.05) is 0 Å². The monoisotopic (exact) mass is 414 g/mol. The number of hydrogen-bond acceptors (Lipinski definition) is 0. The Hall–Kier alpha value is -0.750. The third kappa shape index (κ3) is 7.01. The standard InChI is InChI=1S/C18H15P.CCl4/c1-4-10-16(11-5-1)19(17-12-6-2-7-13-17)18-14-8-3-9-15-18;2-1(3,4)5/h1-15H;. The van der Waals surface area contributed by atoms with Crippen molar-refractivity contribution < 1.29 is 0 Å². The van der Waals surface area contributed by atoms with Crippen molar-refractivity contribution in [2.45, 2.75) is 3.25 Å². The fraction of sp³-hybridized carbons (Fsp3) is 0.0526. The van der Waals surface area contributed by atoms with Gasteiger partial charge in [0, 0.05) is 0 Å². The molecule has 0 nitrogen and oxygen atoms in total. The fourth-order valence-electron chi connectivity index (χ4n) is 2.18. The van der Waals surface area contributed by atoms with Gasteiger partial charge in [-0.15, -0.1) is 0 Å². The lowest BCUT2D eigenvalue weighted by atomic mass is 10.4. The molecule has 0 spiro atoms. The van der Waals surface area contributed by atoms with Crippen LogP contribution in [0.4, 0.5) is 0 Å². The molecule has 0 radical (unpaired) electrons. The molecular weight excluding hydrogens is 401 g/mol. The second-order valence-corrected chi connectivity index (χ2v) is 10.4. The second-order valence-electron chi connectivity index (χ2n) is 4.77. The van der Waals surface area contributed by atoms with Crippen LogP contribution in [0.2, 0.25) is 0 Å². The molecule has 0 aromatic heterocycles. The van der Waals surface area contributed by atoms with Crippen molar-refractivity contribution in [1.29, 1.82) is 0 Å². The van der Waals surface area contributed by atoms with Gasteiger partial charge in [0.15, 0.2) is 0 Å². The van der Waals surface area contributed by atoms with E-state index in [0.29, 0.717) is 0 Å². The lowest BCUT2D eigenvalue weighted by molar-refractivity contribution is 1.74. The van der Waals surface area contributed by atoms with Crippen molar-refractivity contribution in [2.24, 2.45) is 0 Å². The first kappa shape index (κ1) is 19.6. The molecule has 0 amide bonds. The Balaban J connectivity index is 0.000000368. The van der Waals surface area contributed by atoms with Gasteiger partial charge in [0.05, 0.1) is 0 Å². The van der Waals surface area contributed by atoms with Gasteiger partial charge in [-0.2, -0.15) is 0 Å². The number of hydrogen-bond donors (Lipinski definition) is 0. The number of benzene rings is 3. The molecule has 0 N–H and O–H groups in total. The average Bonchev–Trinajstić information content (AvgIpc) is 2.57. The van der Waals surface area contributed by atoms with E-state index in [1.54, 1.807) is 0 Å². The van der Waals surface area contributed by atoms with Crippen molar-refractivity contribution in [1.82, 2.24) is 0 Å². The van der Waals surface area contributed by atoms with Gasteiger partial charge in [0.25, 0.3) is 3.25 Å². The lowest BCUT2D eigenvalue weighted by Gasteiger charge is -2.18. The minimum absolute atomic E-state index is 0.446. The Morgan fingerprint density at radius 3 is 0.875 bits per heavy atom. The summed E-state index contributed by atoms with van der Waals surface area (Å²) in [6.07, 6.45) is 0. The highest BCUT2D eigenvalue weighted by Crippen LogP contribution is 2.32. The zero-order valence-corrected chi connectivity index (χ0v) is 16.5. The van der Waals surface area contributed by atoms with Gasteiger partial charge >= 0.3 is 0 Å². The summed E-state index contributed by atoms with van der Waals surface area (Å²) in [4.78, 5) is 0. The molecule has 3 aromatic rings. The summed E-state index contributed by atoms with van der Waals surface area (Å²) in [5.74, 6) is 0. The predicted molar refractivity (Wildman–Crippen MR) is 111 cm³/mol. The van der Waals surface area contributed by atoms with E-state index >= 15 is 0 Å². The third-order valence-corrected chi connectivity index (χ3v) is 5.49. The van der Waals surface area contributed by atoms with E-state index in [1.165, 1.54) is 15.9 Å². The molecule has 0 saturated carbocycles. The van der Waals surface area contributed by atoms with Gasteiger partial charge in [-0.05, 0) is 23.8 Å². The minimum Gasteiger partial charge on any atom is -0.0664 e. The molecule has 0 saturated heterocycles. The van der Waals surface area contributed by atoms with Crippen molar-refractivity contribution in [3.63, 3.8) is 0 Å². The van der Waals surface area contributed by atoms with Gasteiger partial charge in [0.2, 0.25) is 0 Å². The Morgan fingerprint density at radius 1 is 0.458 bits per heavy atom. The molecule has 5 heteroatoms. The molecule has 0 heterocycles. The molecular formula is C19H15Cl4P. The summed E-state index contributed by atoms with van der Waals surface area (Å²) in [7, 11) is -0.446. The van der Waals surface area contributed by atoms with Gasteiger partial charge < -0.3 is 0 Å². The topological polar surface area (TPSA) is 0 Å². The molecule has 124 valence electrons. The maximum Gasteiger partial charge on any atom is 0.266 e. The normalized spacial score (nSPS) is 10.9. The van der Waals surface area contributed by atoms with Crippen LogP contribution in [0, 0.1) is 0 Å². The summed E-state index contributed by atoms with van der Waals surface area (Å²) < 4.78 is -1.61. The maximum atomic E-state index is 4.83. The second kappa shape index (κ2) is 9.66. The summed E-state index contributed by atoms with van der Waals surface area (Å²) >= 11 is 19.3. The van der Waals surface area contributed by atoms with Crippen LogP contribution < -0.4 is 15.9 Å². The maximum absolute atomic E-state index is 4.83. The van der Waals surface area contributed by atoms with E-state index in [0.717, 1.165) is 0 Å². The summed E-state index contributed by atoms with van der Waals surface area (Å²) in [5.41, 5.74) is 0. The highest BCUT2D eigenvalue weighted by atomic mass is 35.6. The lowest BCUT2D eigenvalue weighted by Crippen LogP contribution is -2.20. The predicted octanol–water partition coefficient (Wildman–Crippen LogP) is 6.00. The minimum atomic E-state index is -1.61. The number of alkyl halides is 4. The van der Waals surface area contributed by atoms with E-state index in [1.807, 2.05) is 0 Å². The SMILES string of the molecule is ClC(Cl)(Cl)Cl.c1ccc(P(c2ccccc2)c2ccccc2)cc1. The van der Waals surface area contributed by atoms with E-state index in [-0.39, 0.29) is 0 Å². The average molecular weight is 416 g/mol. The van der Waals surface area contributed by atoms with Crippen LogP contribution in [0.25, 0.3) is 0 Å².